The van der Waals surface area contributed by atoms with E-state index in [1.165, 1.54) is 0 Å². The van der Waals surface area contributed by atoms with E-state index < -0.39 is 12.0 Å². The Balaban J connectivity index is 2.15. The molecule has 94 valence electrons. The van der Waals surface area contributed by atoms with Crippen LogP contribution in [0.1, 0.15) is 5.56 Å². The Labute approximate surface area is 105 Å². The molecule has 0 aliphatic heterocycles. The number of nitrogens with two attached hydrogens (primary N) is 1. The summed E-state index contributed by atoms with van der Waals surface area (Å²) in [5.74, 6) is -0.439. The number of rotatable bonds is 4. The minimum Gasteiger partial charge on any atom is -0.382 e. The summed E-state index contributed by atoms with van der Waals surface area (Å²) in [6.07, 6.45) is -1.14. The highest BCUT2D eigenvalue weighted by atomic mass is 16.3. The maximum atomic E-state index is 11.4. The second kappa shape index (κ2) is 5.62. The number of aliphatic hydroxyl groups excluding tert-OH is 1. The number of fused-ring (bicyclic) bond motifs is 1. The molecule has 0 spiro atoms. The third-order valence-corrected chi connectivity index (χ3v) is 2.86. The zero-order valence-electron chi connectivity index (χ0n) is 9.97. The van der Waals surface area contributed by atoms with Gasteiger partial charge in [0.05, 0.1) is 0 Å². The lowest BCUT2D eigenvalue weighted by molar-refractivity contribution is -0.128. The average molecular weight is 244 g/mol. The molecule has 0 saturated carbocycles. The zero-order chi connectivity index (χ0) is 13.0. The molecule has 4 nitrogen and oxygen atoms in total. The van der Waals surface area contributed by atoms with Crippen LogP contribution >= 0.6 is 0 Å². The van der Waals surface area contributed by atoms with Crippen molar-refractivity contribution in [3.05, 3.63) is 48.0 Å². The monoisotopic (exact) mass is 244 g/mol. The van der Waals surface area contributed by atoms with E-state index >= 15 is 0 Å². The first-order chi connectivity index (χ1) is 8.72. The fraction of sp³-hybridized carbons (Fsp3) is 0.214. The first-order valence-corrected chi connectivity index (χ1v) is 5.85. The van der Waals surface area contributed by atoms with E-state index in [4.69, 9.17) is 5.73 Å². The first kappa shape index (κ1) is 12.5. The van der Waals surface area contributed by atoms with Gasteiger partial charge in [0.1, 0.15) is 6.10 Å². The first-order valence-electron chi connectivity index (χ1n) is 5.85. The molecule has 0 fully saturated rings. The highest BCUT2D eigenvalue weighted by molar-refractivity contribution is 5.86. The molecule has 0 bridgehead atoms. The summed E-state index contributed by atoms with van der Waals surface area (Å²) in [6, 6.07) is 13.9. The molecule has 0 aliphatic rings. The van der Waals surface area contributed by atoms with Crippen molar-refractivity contribution in [1.82, 2.24) is 5.32 Å². The van der Waals surface area contributed by atoms with Crippen LogP contribution in [0.5, 0.6) is 0 Å². The van der Waals surface area contributed by atoms with Gasteiger partial charge in [-0.05, 0) is 16.3 Å². The Hall–Kier alpha value is -1.91. The molecule has 1 unspecified atom stereocenters. The SMILES string of the molecule is NCC(O)C(=O)NCc1cccc2ccccc12. The molecular weight excluding hydrogens is 228 g/mol. The smallest absolute Gasteiger partial charge is 0.250 e. The van der Waals surface area contributed by atoms with Gasteiger partial charge in [-0.25, -0.2) is 0 Å². The van der Waals surface area contributed by atoms with Crippen molar-refractivity contribution in [1.29, 1.82) is 0 Å². The summed E-state index contributed by atoms with van der Waals surface area (Å²) in [5.41, 5.74) is 6.24. The molecule has 0 heterocycles. The van der Waals surface area contributed by atoms with Gasteiger partial charge in [-0.1, -0.05) is 42.5 Å². The number of nitrogens with one attached hydrogen (secondary N) is 1. The summed E-state index contributed by atoms with van der Waals surface area (Å²) in [4.78, 5) is 11.4. The van der Waals surface area contributed by atoms with E-state index in [1.54, 1.807) is 0 Å². The third kappa shape index (κ3) is 2.67. The maximum Gasteiger partial charge on any atom is 0.250 e. The molecule has 1 amide bonds. The van der Waals surface area contributed by atoms with Crippen LogP contribution in [0.3, 0.4) is 0 Å². The summed E-state index contributed by atoms with van der Waals surface area (Å²) in [6.45, 7) is 0.318. The molecule has 0 aliphatic carbocycles. The molecule has 2 aromatic carbocycles. The number of benzene rings is 2. The van der Waals surface area contributed by atoms with Crippen molar-refractivity contribution < 1.29 is 9.90 Å². The van der Waals surface area contributed by atoms with Crippen molar-refractivity contribution in [3.8, 4) is 0 Å². The molecule has 0 saturated heterocycles. The van der Waals surface area contributed by atoms with Crippen LogP contribution in [0.25, 0.3) is 10.8 Å². The number of amides is 1. The van der Waals surface area contributed by atoms with Gasteiger partial charge in [0.2, 0.25) is 5.91 Å². The van der Waals surface area contributed by atoms with Crippen LogP contribution in [0.15, 0.2) is 42.5 Å². The van der Waals surface area contributed by atoms with Crippen molar-refractivity contribution >= 4 is 16.7 Å². The van der Waals surface area contributed by atoms with Gasteiger partial charge in [0.15, 0.2) is 0 Å². The van der Waals surface area contributed by atoms with E-state index in [2.05, 4.69) is 5.32 Å². The standard InChI is InChI=1S/C14H16N2O2/c15-8-13(17)14(18)16-9-11-6-3-5-10-4-1-2-7-12(10)11/h1-7,13,17H,8-9,15H2,(H,16,18). The largest absolute Gasteiger partial charge is 0.382 e. The van der Waals surface area contributed by atoms with Crippen molar-refractivity contribution in [2.75, 3.05) is 6.54 Å². The predicted molar refractivity (Wildman–Crippen MR) is 70.9 cm³/mol. The lowest BCUT2D eigenvalue weighted by Crippen LogP contribution is -2.38. The molecular formula is C14H16N2O2. The third-order valence-electron chi connectivity index (χ3n) is 2.86. The van der Waals surface area contributed by atoms with E-state index in [0.717, 1.165) is 16.3 Å². The van der Waals surface area contributed by atoms with Gasteiger partial charge in [0, 0.05) is 13.1 Å². The Morgan fingerprint density at radius 3 is 2.72 bits per heavy atom. The molecule has 4 N–H and O–H groups in total. The van der Waals surface area contributed by atoms with Crippen LogP contribution < -0.4 is 11.1 Å². The Morgan fingerprint density at radius 1 is 1.22 bits per heavy atom. The van der Waals surface area contributed by atoms with E-state index in [0.29, 0.717) is 6.54 Å². The van der Waals surface area contributed by atoms with Crippen molar-refractivity contribution in [3.63, 3.8) is 0 Å². The molecule has 1 atom stereocenters. The van der Waals surface area contributed by atoms with Crippen LogP contribution in [-0.2, 0) is 11.3 Å². The summed E-state index contributed by atoms with van der Waals surface area (Å²) < 4.78 is 0. The van der Waals surface area contributed by atoms with Crippen molar-refractivity contribution in [2.24, 2.45) is 5.73 Å². The van der Waals surface area contributed by atoms with Gasteiger partial charge in [0.25, 0.3) is 0 Å². The Morgan fingerprint density at radius 2 is 1.94 bits per heavy atom. The van der Waals surface area contributed by atoms with Gasteiger partial charge in [-0.2, -0.15) is 0 Å². The number of carbonyl (C=O) groups excluding carboxylic acids is 1. The Kier molecular flexibility index (Phi) is 3.92. The van der Waals surface area contributed by atoms with E-state index in [1.807, 2.05) is 42.5 Å². The Bertz CT molecular complexity index is 549. The normalized spacial score (nSPS) is 12.3. The number of aliphatic hydroxyl groups is 1. The lowest BCUT2D eigenvalue weighted by Gasteiger charge is -2.11. The number of hydrogen-bond acceptors (Lipinski definition) is 3. The minimum atomic E-state index is -1.14. The molecule has 4 heteroatoms. The summed E-state index contributed by atoms with van der Waals surface area (Å²) in [7, 11) is 0. The number of carbonyl (C=O) groups is 1. The second-order valence-corrected chi connectivity index (χ2v) is 4.11. The van der Waals surface area contributed by atoms with E-state index in [9.17, 15) is 9.90 Å². The van der Waals surface area contributed by atoms with Gasteiger partial charge < -0.3 is 16.2 Å². The summed E-state index contributed by atoms with van der Waals surface area (Å²) in [5, 5.41) is 14.2. The minimum absolute atomic E-state index is 0.0681. The maximum absolute atomic E-state index is 11.4. The zero-order valence-corrected chi connectivity index (χ0v) is 9.97. The topological polar surface area (TPSA) is 75.3 Å². The summed E-state index contributed by atoms with van der Waals surface area (Å²) >= 11 is 0. The molecule has 2 rings (SSSR count). The van der Waals surface area contributed by atoms with Gasteiger partial charge >= 0.3 is 0 Å². The van der Waals surface area contributed by atoms with Gasteiger partial charge in [-0.3, -0.25) is 4.79 Å². The highest BCUT2D eigenvalue weighted by Crippen LogP contribution is 2.18. The fourth-order valence-corrected chi connectivity index (χ4v) is 1.85. The quantitative estimate of drug-likeness (QED) is 0.743. The average Bonchev–Trinajstić information content (AvgIpc) is 2.43. The van der Waals surface area contributed by atoms with Gasteiger partial charge in [-0.15, -0.1) is 0 Å². The number of hydrogen-bond donors (Lipinski definition) is 3. The van der Waals surface area contributed by atoms with Crippen molar-refractivity contribution in [2.45, 2.75) is 12.6 Å². The predicted octanol–water partition coefficient (Wildman–Crippen LogP) is 0.776. The van der Waals surface area contributed by atoms with E-state index in [-0.39, 0.29) is 6.54 Å². The second-order valence-electron chi connectivity index (χ2n) is 4.11. The molecule has 0 aromatic heterocycles. The highest BCUT2D eigenvalue weighted by Gasteiger charge is 2.12. The van der Waals surface area contributed by atoms with Crippen LogP contribution in [0.2, 0.25) is 0 Å². The van der Waals surface area contributed by atoms with Crippen LogP contribution in [0, 0.1) is 0 Å². The molecule has 18 heavy (non-hydrogen) atoms. The van der Waals surface area contributed by atoms with Crippen LogP contribution in [0.4, 0.5) is 0 Å². The molecule has 2 aromatic rings. The lowest BCUT2D eigenvalue weighted by atomic mass is 10.0. The fourth-order valence-electron chi connectivity index (χ4n) is 1.85. The van der Waals surface area contributed by atoms with Crippen LogP contribution in [-0.4, -0.2) is 23.7 Å². The molecule has 0 radical (unpaired) electrons.